The van der Waals surface area contributed by atoms with Crippen LogP contribution in [-0.2, 0) is 9.59 Å². The van der Waals surface area contributed by atoms with E-state index >= 15 is 0 Å². The van der Waals surface area contributed by atoms with E-state index in [0.717, 1.165) is 29.1 Å². The molecule has 1 aliphatic heterocycles. The van der Waals surface area contributed by atoms with Gasteiger partial charge in [-0.2, -0.15) is 5.26 Å². The van der Waals surface area contributed by atoms with Crippen molar-refractivity contribution in [1.82, 2.24) is 0 Å². The standard InChI is InChI=1S/C13H8N2O3S2/c14-6-9-3-1-8(2-4-9)5-10-12(18)20-13(15-10)19-7-11(16)17/h1-5H,7H2,(H,16,17). The fourth-order valence-corrected chi connectivity index (χ4v) is 2.95. The minimum atomic E-state index is -0.949. The molecule has 0 bridgehead atoms. The zero-order valence-electron chi connectivity index (χ0n) is 10.1. The van der Waals surface area contributed by atoms with Gasteiger partial charge in [0.05, 0.1) is 17.4 Å². The number of hydrogen-bond acceptors (Lipinski definition) is 6. The van der Waals surface area contributed by atoms with Crippen molar-refractivity contribution >= 4 is 45.1 Å². The summed E-state index contributed by atoms with van der Waals surface area (Å²) in [6, 6.07) is 8.77. The first-order valence-electron chi connectivity index (χ1n) is 5.46. The molecule has 0 saturated carbocycles. The quantitative estimate of drug-likeness (QED) is 0.862. The highest BCUT2D eigenvalue weighted by Crippen LogP contribution is 2.30. The molecule has 1 N–H and O–H groups in total. The van der Waals surface area contributed by atoms with Gasteiger partial charge in [-0.25, -0.2) is 4.99 Å². The molecule has 7 heteroatoms. The Balaban J connectivity index is 2.14. The Bertz CT molecular complexity index is 657. The lowest BCUT2D eigenvalue weighted by molar-refractivity contribution is -0.133. The number of hydrogen-bond donors (Lipinski definition) is 1. The SMILES string of the molecule is N#Cc1ccc(C=C2N=C(SCC(=O)O)SC2=O)cc1. The fraction of sp³-hybridized carbons (Fsp3) is 0.0769. The molecule has 1 aliphatic rings. The van der Waals surface area contributed by atoms with Crippen LogP contribution in [0.2, 0.25) is 0 Å². The zero-order chi connectivity index (χ0) is 14.5. The number of carbonyl (C=O) groups excluding carboxylic acids is 1. The Kier molecular flexibility index (Phi) is 4.61. The highest BCUT2D eigenvalue weighted by atomic mass is 32.2. The monoisotopic (exact) mass is 304 g/mol. The van der Waals surface area contributed by atoms with Crippen LogP contribution in [0, 0.1) is 11.3 Å². The summed E-state index contributed by atoms with van der Waals surface area (Å²) in [5, 5.41) is 17.1. The van der Waals surface area contributed by atoms with Gasteiger partial charge in [-0.3, -0.25) is 9.59 Å². The Hall–Kier alpha value is -2.04. The van der Waals surface area contributed by atoms with E-state index < -0.39 is 5.97 Å². The molecule has 20 heavy (non-hydrogen) atoms. The van der Waals surface area contributed by atoms with Gasteiger partial charge in [-0.05, 0) is 35.5 Å². The van der Waals surface area contributed by atoms with Crippen LogP contribution in [0.4, 0.5) is 0 Å². The van der Waals surface area contributed by atoms with Gasteiger partial charge in [-0.1, -0.05) is 23.9 Å². The summed E-state index contributed by atoms with van der Waals surface area (Å²) in [6.07, 6.45) is 1.62. The summed E-state index contributed by atoms with van der Waals surface area (Å²) >= 11 is 1.96. The number of aliphatic carboxylic acids is 1. The second-order valence-corrected chi connectivity index (χ2v) is 5.90. The van der Waals surface area contributed by atoms with E-state index in [1.165, 1.54) is 0 Å². The van der Waals surface area contributed by atoms with Crippen molar-refractivity contribution in [3.05, 3.63) is 41.1 Å². The second-order valence-electron chi connectivity index (χ2n) is 3.71. The van der Waals surface area contributed by atoms with Gasteiger partial charge >= 0.3 is 5.97 Å². The van der Waals surface area contributed by atoms with E-state index in [1.807, 2.05) is 6.07 Å². The molecule has 1 heterocycles. The molecule has 0 spiro atoms. The fourth-order valence-electron chi connectivity index (χ4n) is 1.39. The molecule has 0 fully saturated rings. The molecule has 100 valence electrons. The minimum Gasteiger partial charge on any atom is -0.481 e. The van der Waals surface area contributed by atoms with E-state index in [4.69, 9.17) is 10.4 Å². The summed E-state index contributed by atoms with van der Waals surface area (Å²) in [5.41, 5.74) is 1.59. The summed E-state index contributed by atoms with van der Waals surface area (Å²) in [7, 11) is 0. The van der Waals surface area contributed by atoms with E-state index in [-0.39, 0.29) is 16.6 Å². The first-order chi connectivity index (χ1) is 9.58. The average Bonchev–Trinajstić information content (AvgIpc) is 2.78. The molecule has 0 saturated heterocycles. The molecule has 0 aromatic heterocycles. The van der Waals surface area contributed by atoms with Crippen LogP contribution >= 0.6 is 23.5 Å². The van der Waals surface area contributed by atoms with E-state index in [1.54, 1.807) is 30.3 Å². The second kappa shape index (κ2) is 6.41. The lowest BCUT2D eigenvalue weighted by Gasteiger charge is -1.94. The van der Waals surface area contributed by atoms with Crippen molar-refractivity contribution in [3.8, 4) is 6.07 Å². The summed E-state index contributed by atoms with van der Waals surface area (Å²) in [4.78, 5) is 26.3. The topological polar surface area (TPSA) is 90.5 Å². The third kappa shape index (κ3) is 3.73. The third-order valence-corrected chi connectivity index (χ3v) is 4.26. The predicted octanol–water partition coefficient (Wildman–Crippen LogP) is 2.35. The van der Waals surface area contributed by atoms with Crippen LogP contribution in [-0.4, -0.2) is 26.3 Å². The van der Waals surface area contributed by atoms with Crippen LogP contribution in [0.15, 0.2) is 35.0 Å². The first kappa shape index (κ1) is 14.4. The van der Waals surface area contributed by atoms with Crippen molar-refractivity contribution in [1.29, 1.82) is 5.26 Å². The Morgan fingerprint density at radius 2 is 2.15 bits per heavy atom. The highest BCUT2D eigenvalue weighted by Gasteiger charge is 2.22. The van der Waals surface area contributed by atoms with Gasteiger partial charge in [0.25, 0.3) is 0 Å². The number of thioether (sulfide) groups is 2. The van der Waals surface area contributed by atoms with Crippen molar-refractivity contribution in [2.45, 2.75) is 0 Å². The molecule has 0 radical (unpaired) electrons. The molecule has 0 aliphatic carbocycles. The van der Waals surface area contributed by atoms with Gasteiger partial charge in [0, 0.05) is 0 Å². The number of nitriles is 1. The largest absolute Gasteiger partial charge is 0.481 e. The Morgan fingerprint density at radius 1 is 1.45 bits per heavy atom. The van der Waals surface area contributed by atoms with Crippen LogP contribution in [0.1, 0.15) is 11.1 Å². The maximum Gasteiger partial charge on any atom is 0.313 e. The smallest absolute Gasteiger partial charge is 0.313 e. The Labute approximate surface area is 123 Å². The number of carbonyl (C=O) groups is 2. The van der Waals surface area contributed by atoms with E-state index in [0.29, 0.717) is 9.94 Å². The maximum absolute atomic E-state index is 11.7. The normalized spacial score (nSPS) is 16.1. The van der Waals surface area contributed by atoms with Crippen LogP contribution in [0.25, 0.3) is 6.08 Å². The van der Waals surface area contributed by atoms with Crippen molar-refractivity contribution in [3.63, 3.8) is 0 Å². The van der Waals surface area contributed by atoms with Crippen LogP contribution < -0.4 is 0 Å². The Morgan fingerprint density at radius 3 is 2.75 bits per heavy atom. The molecule has 0 amide bonds. The first-order valence-corrected chi connectivity index (χ1v) is 7.26. The minimum absolute atomic E-state index is 0.122. The molecular weight excluding hydrogens is 296 g/mol. The number of carboxylic acids is 1. The molecule has 2 rings (SSSR count). The lowest BCUT2D eigenvalue weighted by Crippen LogP contribution is -1.99. The number of nitrogens with zero attached hydrogens (tertiary/aromatic N) is 2. The zero-order valence-corrected chi connectivity index (χ0v) is 11.7. The molecule has 0 unspecified atom stereocenters. The van der Waals surface area contributed by atoms with Crippen LogP contribution in [0.5, 0.6) is 0 Å². The average molecular weight is 304 g/mol. The third-order valence-electron chi connectivity index (χ3n) is 2.26. The van der Waals surface area contributed by atoms with Gasteiger partial charge in [0.15, 0.2) is 0 Å². The number of benzene rings is 1. The van der Waals surface area contributed by atoms with Crippen molar-refractivity contribution < 1.29 is 14.7 Å². The van der Waals surface area contributed by atoms with E-state index in [2.05, 4.69) is 4.99 Å². The number of carboxylic acid groups (broad SMARTS) is 1. The summed E-state index contributed by atoms with van der Waals surface area (Å²) in [5.74, 6) is -1.07. The van der Waals surface area contributed by atoms with Gasteiger partial charge in [-0.15, -0.1) is 0 Å². The van der Waals surface area contributed by atoms with Crippen molar-refractivity contribution in [2.75, 3.05) is 5.75 Å². The molecule has 0 atom stereocenters. The molecule has 1 aromatic carbocycles. The van der Waals surface area contributed by atoms with Gasteiger partial charge < -0.3 is 5.11 Å². The van der Waals surface area contributed by atoms with Gasteiger partial charge in [0.2, 0.25) is 5.12 Å². The maximum atomic E-state index is 11.7. The summed E-state index contributed by atoms with van der Waals surface area (Å²) < 4.78 is 0.442. The molecular formula is C13H8N2O3S2. The predicted molar refractivity (Wildman–Crippen MR) is 79.3 cm³/mol. The summed E-state index contributed by atoms with van der Waals surface area (Å²) in [6.45, 7) is 0. The molecule has 1 aromatic rings. The molecule has 5 nitrogen and oxygen atoms in total. The van der Waals surface area contributed by atoms with E-state index in [9.17, 15) is 9.59 Å². The van der Waals surface area contributed by atoms with Gasteiger partial charge in [0.1, 0.15) is 10.1 Å². The number of rotatable bonds is 3. The highest BCUT2D eigenvalue weighted by molar-refractivity contribution is 8.45. The van der Waals surface area contributed by atoms with Crippen LogP contribution in [0.3, 0.4) is 0 Å². The number of aliphatic imine (C=N–C) groups is 1. The van der Waals surface area contributed by atoms with Crippen molar-refractivity contribution in [2.24, 2.45) is 4.99 Å². The lowest BCUT2D eigenvalue weighted by atomic mass is 10.1.